The maximum Gasteiger partial charge on any atom is 0.228 e. The molecule has 0 N–H and O–H groups in total. The van der Waals surface area contributed by atoms with Crippen molar-refractivity contribution in [2.45, 2.75) is 6.42 Å². The molecule has 0 aromatic carbocycles. The van der Waals surface area contributed by atoms with E-state index in [1.165, 1.54) is 0 Å². The molecule has 1 aromatic heterocycles. The van der Waals surface area contributed by atoms with E-state index in [2.05, 4.69) is 25.8 Å². The van der Waals surface area contributed by atoms with Crippen molar-refractivity contribution >= 4 is 33.3 Å². The Kier molecular flexibility index (Phi) is 4.21. The summed E-state index contributed by atoms with van der Waals surface area (Å²) in [4.78, 5) is 20.5. The van der Waals surface area contributed by atoms with Crippen LogP contribution in [0.3, 0.4) is 0 Å². The summed E-state index contributed by atoms with van der Waals surface area (Å²) in [6, 6.07) is 3.99. The van der Waals surface area contributed by atoms with Gasteiger partial charge in [-0.05, 0) is 18.1 Å². The summed E-state index contributed by atoms with van der Waals surface area (Å²) in [5, 5.41) is 0.862. The Morgan fingerprint density at radius 2 is 2.15 bits per heavy atom. The molecule has 2 aliphatic heterocycles. The van der Waals surface area contributed by atoms with E-state index in [1.807, 2.05) is 18.3 Å². The van der Waals surface area contributed by atoms with Crippen LogP contribution in [0.5, 0.6) is 0 Å². The number of ether oxygens (including phenoxy) is 1. The molecule has 6 heteroatoms. The zero-order valence-corrected chi connectivity index (χ0v) is 12.9. The quantitative estimate of drug-likeness (QED) is 0.786. The van der Waals surface area contributed by atoms with Crippen molar-refractivity contribution in [1.82, 2.24) is 4.98 Å². The van der Waals surface area contributed by atoms with Crippen molar-refractivity contribution in [3.05, 3.63) is 18.3 Å². The third-order valence-corrected chi connectivity index (χ3v) is 4.72. The van der Waals surface area contributed by atoms with Gasteiger partial charge >= 0.3 is 0 Å². The molecule has 108 valence electrons. The molecule has 0 bridgehead atoms. The fourth-order valence-electron chi connectivity index (χ4n) is 2.65. The monoisotopic (exact) mass is 339 g/mol. The van der Waals surface area contributed by atoms with Crippen molar-refractivity contribution < 1.29 is 9.53 Å². The summed E-state index contributed by atoms with van der Waals surface area (Å²) in [7, 11) is 0. The predicted molar refractivity (Wildman–Crippen MR) is 81.5 cm³/mol. The first-order valence-electron chi connectivity index (χ1n) is 6.93. The van der Waals surface area contributed by atoms with Gasteiger partial charge in [-0.3, -0.25) is 9.69 Å². The summed E-state index contributed by atoms with van der Waals surface area (Å²) in [5.41, 5.74) is 1.10. The van der Waals surface area contributed by atoms with E-state index in [0.29, 0.717) is 12.3 Å². The van der Waals surface area contributed by atoms with E-state index in [-0.39, 0.29) is 5.91 Å². The normalized spacial score (nSPS) is 23.4. The van der Waals surface area contributed by atoms with Crippen LogP contribution in [-0.2, 0) is 9.53 Å². The number of hydrogen-bond donors (Lipinski definition) is 0. The molecular weight excluding hydrogens is 322 g/mol. The Labute approximate surface area is 127 Å². The number of alkyl halides is 1. The molecule has 1 aromatic rings. The second kappa shape index (κ2) is 6.10. The third-order valence-electron chi connectivity index (χ3n) is 3.81. The zero-order chi connectivity index (χ0) is 13.9. The molecule has 5 nitrogen and oxygen atoms in total. The van der Waals surface area contributed by atoms with E-state index in [4.69, 9.17) is 4.74 Å². The Balaban J connectivity index is 1.71. The second-order valence-corrected chi connectivity index (χ2v) is 5.85. The first-order valence-corrected chi connectivity index (χ1v) is 8.05. The summed E-state index contributed by atoms with van der Waals surface area (Å²) in [5.74, 6) is 1.32. The number of pyridine rings is 1. The number of nitrogens with zero attached hydrogens (tertiary/aromatic N) is 3. The van der Waals surface area contributed by atoms with E-state index >= 15 is 0 Å². The number of anilines is 2. The number of aromatic nitrogens is 1. The van der Waals surface area contributed by atoms with Crippen LogP contribution < -0.4 is 9.80 Å². The van der Waals surface area contributed by atoms with E-state index < -0.39 is 0 Å². The zero-order valence-electron chi connectivity index (χ0n) is 11.3. The summed E-state index contributed by atoms with van der Waals surface area (Å²) in [6.45, 7) is 4.08. The molecule has 20 heavy (non-hydrogen) atoms. The van der Waals surface area contributed by atoms with Crippen LogP contribution in [0, 0.1) is 5.92 Å². The fourth-order valence-corrected chi connectivity index (χ4v) is 3.09. The number of morpholine rings is 1. The second-order valence-electron chi connectivity index (χ2n) is 5.20. The van der Waals surface area contributed by atoms with E-state index in [9.17, 15) is 4.79 Å². The largest absolute Gasteiger partial charge is 0.378 e. The molecule has 3 heterocycles. The highest BCUT2D eigenvalue weighted by molar-refractivity contribution is 9.09. The topological polar surface area (TPSA) is 45.7 Å². The molecule has 0 saturated carbocycles. The Hall–Kier alpha value is -1.14. The van der Waals surface area contributed by atoms with Crippen molar-refractivity contribution in [3.8, 4) is 0 Å². The highest BCUT2D eigenvalue weighted by Crippen LogP contribution is 2.26. The van der Waals surface area contributed by atoms with Gasteiger partial charge in [0.05, 0.1) is 25.1 Å². The predicted octanol–water partition coefficient (Wildman–Crippen LogP) is 1.67. The lowest BCUT2D eigenvalue weighted by Gasteiger charge is -2.28. The lowest BCUT2D eigenvalue weighted by Crippen LogP contribution is -2.36. The van der Waals surface area contributed by atoms with E-state index in [0.717, 1.165) is 49.7 Å². The Morgan fingerprint density at radius 1 is 1.35 bits per heavy atom. The van der Waals surface area contributed by atoms with Crippen LogP contribution in [0.2, 0.25) is 0 Å². The molecule has 1 unspecified atom stereocenters. The van der Waals surface area contributed by atoms with Crippen molar-refractivity contribution in [2.24, 2.45) is 5.92 Å². The van der Waals surface area contributed by atoms with Gasteiger partial charge in [-0.1, -0.05) is 15.9 Å². The minimum absolute atomic E-state index is 0.168. The van der Waals surface area contributed by atoms with Gasteiger partial charge in [-0.15, -0.1) is 0 Å². The molecule has 1 amide bonds. The van der Waals surface area contributed by atoms with Crippen LogP contribution in [0.25, 0.3) is 0 Å². The maximum absolute atomic E-state index is 12.0. The van der Waals surface area contributed by atoms with E-state index in [1.54, 1.807) is 4.90 Å². The standard InChI is InChI=1S/C14H18BrN3O2/c15-8-11-7-14(19)18(10-11)13-2-1-12(9-16-13)17-3-5-20-6-4-17/h1-2,9,11H,3-8,10H2. The molecule has 2 fully saturated rings. The van der Waals surface area contributed by atoms with Crippen molar-refractivity contribution in [1.29, 1.82) is 0 Å². The van der Waals surface area contributed by atoms with Gasteiger partial charge in [0.25, 0.3) is 0 Å². The van der Waals surface area contributed by atoms with Gasteiger partial charge < -0.3 is 9.64 Å². The summed E-state index contributed by atoms with van der Waals surface area (Å²) < 4.78 is 5.35. The van der Waals surface area contributed by atoms with Gasteiger partial charge in [0.2, 0.25) is 5.91 Å². The van der Waals surface area contributed by atoms with Gasteiger partial charge in [-0.25, -0.2) is 4.98 Å². The molecule has 2 saturated heterocycles. The van der Waals surface area contributed by atoms with Gasteiger partial charge in [0, 0.05) is 31.4 Å². The SMILES string of the molecule is O=C1CC(CBr)CN1c1ccc(N2CCOCC2)cn1. The molecule has 0 aliphatic carbocycles. The third kappa shape index (κ3) is 2.81. The van der Waals surface area contributed by atoms with Crippen LogP contribution in [0.4, 0.5) is 11.5 Å². The highest BCUT2D eigenvalue weighted by Gasteiger charge is 2.30. The van der Waals surface area contributed by atoms with Gasteiger partial charge in [0.15, 0.2) is 0 Å². The van der Waals surface area contributed by atoms with Crippen LogP contribution in [-0.4, -0.2) is 49.1 Å². The van der Waals surface area contributed by atoms with Crippen molar-refractivity contribution in [2.75, 3.05) is 48.0 Å². The maximum atomic E-state index is 12.0. The van der Waals surface area contributed by atoms with Crippen molar-refractivity contribution in [3.63, 3.8) is 0 Å². The minimum atomic E-state index is 0.168. The lowest BCUT2D eigenvalue weighted by atomic mass is 10.2. The number of halogens is 1. The molecule has 3 rings (SSSR count). The molecule has 1 atom stereocenters. The summed E-state index contributed by atoms with van der Waals surface area (Å²) >= 11 is 3.45. The first kappa shape index (κ1) is 13.8. The van der Waals surface area contributed by atoms with Crippen LogP contribution in [0.15, 0.2) is 18.3 Å². The number of carbonyl (C=O) groups excluding carboxylic acids is 1. The first-order chi connectivity index (χ1) is 9.78. The Bertz CT molecular complexity index is 474. The average molecular weight is 340 g/mol. The lowest BCUT2D eigenvalue weighted by molar-refractivity contribution is -0.117. The minimum Gasteiger partial charge on any atom is -0.378 e. The summed E-state index contributed by atoms with van der Waals surface area (Å²) in [6.07, 6.45) is 2.47. The fraction of sp³-hybridized carbons (Fsp3) is 0.571. The number of hydrogen-bond acceptors (Lipinski definition) is 4. The molecule has 2 aliphatic rings. The molecule has 0 spiro atoms. The number of carbonyl (C=O) groups is 1. The highest BCUT2D eigenvalue weighted by atomic mass is 79.9. The van der Waals surface area contributed by atoms with Gasteiger partial charge in [-0.2, -0.15) is 0 Å². The molecule has 0 radical (unpaired) electrons. The number of amides is 1. The van der Waals surface area contributed by atoms with Gasteiger partial charge in [0.1, 0.15) is 5.82 Å². The number of rotatable bonds is 3. The van der Waals surface area contributed by atoms with Crippen LogP contribution in [0.1, 0.15) is 6.42 Å². The molecular formula is C14H18BrN3O2. The Morgan fingerprint density at radius 3 is 2.75 bits per heavy atom. The smallest absolute Gasteiger partial charge is 0.228 e. The van der Waals surface area contributed by atoms with Crippen LogP contribution >= 0.6 is 15.9 Å². The average Bonchev–Trinajstić information content (AvgIpc) is 2.89.